The van der Waals surface area contributed by atoms with Gasteiger partial charge in [-0.25, -0.2) is 21.6 Å². The molecule has 0 spiro atoms. The van der Waals surface area contributed by atoms with Crippen LogP contribution in [0.15, 0.2) is 0 Å². The van der Waals surface area contributed by atoms with Gasteiger partial charge in [0.15, 0.2) is 0 Å². The lowest BCUT2D eigenvalue weighted by atomic mass is 9.88. The summed E-state index contributed by atoms with van der Waals surface area (Å²) >= 11 is 0. The molecule has 6 nitrogen and oxygen atoms in total. The van der Waals surface area contributed by atoms with Gasteiger partial charge in [-0.1, -0.05) is 19.3 Å². The fourth-order valence-electron chi connectivity index (χ4n) is 3.73. The SMILES string of the molecule is CS(=O)(=O)NC1CCCCC1NC1CCCC(S(C)(=O)=O)C1. The molecule has 0 aromatic carbocycles. The molecule has 0 aromatic heterocycles. The molecule has 2 fully saturated rings. The van der Waals surface area contributed by atoms with E-state index >= 15 is 0 Å². The number of sulfonamides is 1. The van der Waals surface area contributed by atoms with Crippen LogP contribution in [0.25, 0.3) is 0 Å². The van der Waals surface area contributed by atoms with Crippen molar-refractivity contribution >= 4 is 19.9 Å². The van der Waals surface area contributed by atoms with E-state index in [9.17, 15) is 16.8 Å². The van der Waals surface area contributed by atoms with Crippen molar-refractivity contribution in [3.8, 4) is 0 Å². The van der Waals surface area contributed by atoms with Crippen LogP contribution in [0.1, 0.15) is 51.4 Å². The second-order valence-corrected chi connectivity index (χ2v) is 11.0. The van der Waals surface area contributed by atoms with E-state index in [1.807, 2.05) is 0 Å². The molecule has 0 aliphatic heterocycles. The first kappa shape index (κ1) is 18.2. The predicted molar refractivity (Wildman–Crippen MR) is 88.0 cm³/mol. The number of rotatable bonds is 5. The summed E-state index contributed by atoms with van der Waals surface area (Å²) in [5.74, 6) is 0. The quantitative estimate of drug-likeness (QED) is 0.763. The van der Waals surface area contributed by atoms with Gasteiger partial charge in [0.25, 0.3) is 0 Å². The van der Waals surface area contributed by atoms with Gasteiger partial charge in [0, 0.05) is 24.4 Å². The summed E-state index contributed by atoms with van der Waals surface area (Å²) in [4.78, 5) is 0. The van der Waals surface area contributed by atoms with Crippen molar-refractivity contribution in [1.82, 2.24) is 10.0 Å². The maximum absolute atomic E-state index is 11.8. The van der Waals surface area contributed by atoms with Crippen molar-refractivity contribution in [2.75, 3.05) is 12.5 Å². The zero-order valence-corrected chi connectivity index (χ0v) is 15.0. The molecule has 2 rings (SSSR count). The molecule has 2 N–H and O–H groups in total. The highest BCUT2D eigenvalue weighted by molar-refractivity contribution is 7.91. The van der Waals surface area contributed by atoms with Crippen molar-refractivity contribution in [1.29, 1.82) is 0 Å². The molecule has 22 heavy (non-hydrogen) atoms. The summed E-state index contributed by atoms with van der Waals surface area (Å²) in [5.41, 5.74) is 0. The molecule has 0 bridgehead atoms. The first-order valence-corrected chi connectivity index (χ1v) is 11.9. The molecule has 0 heterocycles. The van der Waals surface area contributed by atoms with Crippen LogP contribution in [0.2, 0.25) is 0 Å². The molecule has 0 saturated heterocycles. The van der Waals surface area contributed by atoms with Gasteiger partial charge in [-0.05, 0) is 32.1 Å². The van der Waals surface area contributed by atoms with E-state index in [1.165, 1.54) is 12.5 Å². The summed E-state index contributed by atoms with van der Waals surface area (Å²) in [5, 5.41) is 3.28. The van der Waals surface area contributed by atoms with Crippen LogP contribution in [0.5, 0.6) is 0 Å². The lowest BCUT2D eigenvalue weighted by Crippen LogP contribution is -2.55. The van der Waals surface area contributed by atoms with Gasteiger partial charge >= 0.3 is 0 Å². The molecule has 2 saturated carbocycles. The molecule has 8 heteroatoms. The van der Waals surface area contributed by atoms with Crippen LogP contribution in [-0.4, -0.2) is 52.7 Å². The largest absolute Gasteiger partial charge is 0.310 e. The molecule has 0 radical (unpaired) electrons. The predicted octanol–water partition coefficient (Wildman–Crippen LogP) is 0.792. The monoisotopic (exact) mass is 352 g/mol. The van der Waals surface area contributed by atoms with Crippen molar-refractivity contribution in [3.05, 3.63) is 0 Å². The number of nitrogens with one attached hydrogen (secondary N) is 2. The van der Waals surface area contributed by atoms with Crippen molar-refractivity contribution in [3.63, 3.8) is 0 Å². The Morgan fingerprint density at radius 2 is 1.45 bits per heavy atom. The summed E-state index contributed by atoms with van der Waals surface area (Å²) in [6, 6.07) is 0.189. The van der Waals surface area contributed by atoms with E-state index < -0.39 is 19.9 Å². The molecule has 0 amide bonds. The zero-order chi connectivity index (χ0) is 16.4. The van der Waals surface area contributed by atoms with E-state index in [4.69, 9.17) is 0 Å². The second kappa shape index (κ2) is 7.15. The van der Waals surface area contributed by atoms with Crippen LogP contribution < -0.4 is 10.0 Å². The Balaban J connectivity index is 1.98. The van der Waals surface area contributed by atoms with Crippen LogP contribution in [0, 0.1) is 0 Å². The molecule has 4 unspecified atom stereocenters. The van der Waals surface area contributed by atoms with E-state index in [0.29, 0.717) is 6.42 Å². The third kappa shape index (κ3) is 5.47. The zero-order valence-electron chi connectivity index (χ0n) is 13.4. The third-order valence-electron chi connectivity index (χ3n) is 4.81. The first-order chi connectivity index (χ1) is 10.1. The van der Waals surface area contributed by atoms with E-state index in [1.54, 1.807) is 0 Å². The minimum atomic E-state index is -3.22. The second-order valence-electron chi connectivity index (χ2n) is 6.87. The Hall–Kier alpha value is -0.180. The average Bonchev–Trinajstić information content (AvgIpc) is 2.39. The van der Waals surface area contributed by atoms with E-state index in [0.717, 1.165) is 44.9 Å². The third-order valence-corrected chi connectivity index (χ3v) is 7.18. The van der Waals surface area contributed by atoms with Gasteiger partial charge in [-0.15, -0.1) is 0 Å². The Morgan fingerprint density at radius 3 is 2.05 bits per heavy atom. The van der Waals surface area contributed by atoms with Crippen molar-refractivity contribution < 1.29 is 16.8 Å². The smallest absolute Gasteiger partial charge is 0.209 e. The number of hydrogen-bond acceptors (Lipinski definition) is 5. The van der Waals surface area contributed by atoms with Gasteiger partial charge in [-0.2, -0.15) is 0 Å². The van der Waals surface area contributed by atoms with Gasteiger partial charge in [-0.3, -0.25) is 0 Å². The van der Waals surface area contributed by atoms with Crippen LogP contribution >= 0.6 is 0 Å². The Labute approximate surface area is 134 Å². The van der Waals surface area contributed by atoms with Gasteiger partial charge in [0.2, 0.25) is 10.0 Å². The topological polar surface area (TPSA) is 92.3 Å². The highest BCUT2D eigenvalue weighted by Crippen LogP contribution is 2.26. The van der Waals surface area contributed by atoms with Crippen molar-refractivity contribution in [2.45, 2.75) is 74.7 Å². The van der Waals surface area contributed by atoms with Gasteiger partial charge < -0.3 is 5.32 Å². The van der Waals surface area contributed by atoms with Crippen LogP contribution in [0.4, 0.5) is 0 Å². The molecule has 4 atom stereocenters. The maximum atomic E-state index is 11.8. The molecule has 130 valence electrons. The van der Waals surface area contributed by atoms with E-state index in [-0.39, 0.29) is 23.4 Å². The molecule has 0 aromatic rings. The summed E-state index contributed by atoms with van der Waals surface area (Å²) in [7, 11) is -6.21. The lowest BCUT2D eigenvalue weighted by Gasteiger charge is -2.37. The Kier molecular flexibility index (Phi) is 5.90. The highest BCUT2D eigenvalue weighted by atomic mass is 32.2. The summed E-state index contributed by atoms with van der Waals surface area (Å²) < 4.78 is 49.2. The lowest BCUT2D eigenvalue weighted by molar-refractivity contribution is 0.257. The van der Waals surface area contributed by atoms with Crippen molar-refractivity contribution in [2.24, 2.45) is 0 Å². The average molecular weight is 353 g/mol. The fraction of sp³-hybridized carbons (Fsp3) is 1.00. The summed E-state index contributed by atoms with van der Waals surface area (Å²) in [6.45, 7) is 0. The van der Waals surface area contributed by atoms with Crippen LogP contribution in [0.3, 0.4) is 0 Å². The minimum Gasteiger partial charge on any atom is -0.310 e. The molecular weight excluding hydrogens is 324 g/mol. The van der Waals surface area contributed by atoms with Gasteiger partial charge in [0.1, 0.15) is 9.84 Å². The van der Waals surface area contributed by atoms with E-state index in [2.05, 4.69) is 10.0 Å². The standard InChI is InChI=1S/C14H28N2O4S2/c1-21(17,18)12-7-5-6-11(10-12)15-13-8-3-4-9-14(13)16-22(2,19)20/h11-16H,3-10H2,1-2H3. The summed E-state index contributed by atoms with van der Waals surface area (Å²) in [6.07, 6.45) is 9.66. The van der Waals surface area contributed by atoms with Crippen LogP contribution in [-0.2, 0) is 19.9 Å². The molecular formula is C14H28N2O4S2. The fourth-order valence-corrected chi connectivity index (χ4v) is 5.74. The first-order valence-electron chi connectivity index (χ1n) is 8.07. The van der Waals surface area contributed by atoms with Gasteiger partial charge in [0.05, 0.1) is 11.5 Å². The molecule has 2 aliphatic carbocycles. The normalized spacial score (nSPS) is 34.5. The molecule has 2 aliphatic rings. The number of sulfone groups is 1. The Bertz CT molecular complexity index is 574. The minimum absolute atomic E-state index is 0.0811. The Morgan fingerprint density at radius 1 is 0.818 bits per heavy atom. The number of hydrogen-bond donors (Lipinski definition) is 2. The highest BCUT2D eigenvalue weighted by Gasteiger charge is 2.33. The maximum Gasteiger partial charge on any atom is 0.209 e.